The lowest BCUT2D eigenvalue weighted by Crippen LogP contribution is -1.97. The van der Waals surface area contributed by atoms with Crippen LogP contribution in [0, 0.1) is 0 Å². The Labute approximate surface area is 124 Å². The molecule has 0 atom stereocenters. The van der Waals surface area contributed by atoms with E-state index in [0.29, 0.717) is 6.61 Å². The van der Waals surface area contributed by atoms with E-state index in [4.69, 9.17) is 16.3 Å². The second kappa shape index (κ2) is 5.98. The predicted octanol–water partition coefficient (Wildman–Crippen LogP) is 4.83. The molecule has 1 heterocycles. The number of ether oxygens (including phenoxy) is 1. The Morgan fingerprint density at radius 3 is 2.55 bits per heavy atom. The number of hydrogen-bond acceptors (Lipinski definition) is 1. The molecular weight excluding hydrogens is 268 g/mol. The van der Waals surface area contributed by atoms with Crippen LogP contribution in [0.3, 0.4) is 0 Å². The topological polar surface area (TPSA) is 9.23 Å². The number of benzene rings is 2. The number of allylic oxidation sites excluding steroid dienone is 1. The molecule has 0 amide bonds. The molecule has 2 heteroatoms. The van der Waals surface area contributed by atoms with Gasteiger partial charge < -0.3 is 4.74 Å². The van der Waals surface area contributed by atoms with Crippen molar-refractivity contribution in [2.45, 2.75) is 6.42 Å². The highest BCUT2D eigenvalue weighted by atomic mass is 35.5. The molecule has 1 nitrogen and oxygen atoms in total. The Bertz CT molecular complexity index is 656. The first-order valence-electron chi connectivity index (χ1n) is 6.63. The molecule has 3 rings (SSSR count). The van der Waals surface area contributed by atoms with Crippen molar-refractivity contribution >= 4 is 17.2 Å². The molecule has 1 aliphatic heterocycles. The predicted molar refractivity (Wildman–Crippen MR) is 84.0 cm³/mol. The van der Waals surface area contributed by atoms with Crippen molar-refractivity contribution in [1.82, 2.24) is 0 Å². The molecule has 0 spiro atoms. The highest BCUT2D eigenvalue weighted by Gasteiger charge is 2.14. The third-order valence-corrected chi connectivity index (χ3v) is 3.64. The Morgan fingerprint density at radius 1 is 1.00 bits per heavy atom. The molecule has 0 aliphatic carbocycles. The molecule has 0 unspecified atom stereocenters. The van der Waals surface area contributed by atoms with Gasteiger partial charge >= 0.3 is 0 Å². The van der Waals surface area contributed by atoms with Gasteiger partial charge in [-0.2, -0.15) is 0 Å². The lowest BCUT2D eigenvalue weighted by Gasteiger charge is -2.10. The van der Waals surface area contributed by atoms with Crippen molar-refractivity contribution in [1.29, 1.82) is 0 Å². The molecule has 2 aromatic rings. The fourth-order valence-corrected chi connectivity index (χ4v) is 2.51. The second-order valence-corrected chi connectivity index (χ2v) is 5.02. The van der Waals surface area contributed by atoms with Gasteiger partial charge in [-0.3, -0.25) is 0 Å². The number of hydrogen-bond donors (Lipinski definition) is 0. The molecule has 0 fully saturated rings. The van der Waals surface area contributed by atoms with Gasteiger partial charge in [0.25, 0.3) is 0 Å². The van der Waals surface area contributed by atoms with Gasteiger partial charge in [-0.15, -0.1) is 0 Å². The van der Waals surface area contributed by atoms with Crippen molar-refractivity contribution in [2.75, 3.05) is 6.61 Å². The van der Waals surface area contributed by atoms with Gasteiger partial charge in [-0.25, -0.2) is 0 Å². The Morgan fingerprint density at radius 2 is 1.75 bits per heavy atom. The van der Waals surface area contributed by atoms with Crippen molar-refractivity contribution in [3.05, 3.63) is 82.9 Å². The quantitative estimate of drug-likeness (QED) is 0.767. The van der Waals surface area contributed by atoms with Crippen molar-refractivity contribution in [2.24, 2.45) is 0 Å². The molecule has 0 saturated carbocycles. The summed E-state index contributed by atoms with van der Waals surface area (Å²) in [5.41, 5.74) is 6.25. The van der Waals surface area contributed by atoms with E-state index in [1.165, 1.54) is 11.1 Å². The lowest BCUT2D eigenvalue weighted by molar-refractivity contribution is 0.356. The van der Waals surface area contributed by atoms with Crippen LogP contribution < -0.4 is 4.74 Å². The van der Waals surface area contributed by atoms with Gasteiger partial charge in [-0.1, -0.05) is 66.2 Å². The molecule has 2 aromatic carbocycles. The Kier molecular flexibility index (Phi) is 3.89. The van der Waals surface area contributed by atoms with Crippen LogP contribution in [-0.2, 0) is 6.42 Å². The van der Waals surface area contributed by atoms with Gasteiger partial charge in [-0.05, 0) is 23.6 Å². The maximum absolute atomic E-state index is 5.88. The van der Waals surface area contributed by atoms with E-state index in [2.05, 4.69) is 36.4 Å². The van der Waals surface area contributed by atoms with Crippen LogP contribution in [0.15, 0.2) is 71.8 Å². The summed E-state index contributed by atoms with van der Waals surface area (Å²) >= 11 is 5.88. The summed E-state index contributed by atoms with van der Waals surface area (Å²) in [5, 5.41) is 0. The molecule has 0 saturated heterocycles. The maximum atomic E-state index is 5.88. The average molecular weight is 283 g/mol. The zero-order chi connectivity index (χ0) is 13.8. The highest BCUT2D eigenvalue weighted by Crippen LogP contribution is 2.32. The van der Waals surface area contributed by atoms with Crippen molar-refractivity contribution in [3.63, 3.8) is 0 Å². The van der Waals surface area contributed by atoms with Gasteiger partial charge in [0.2, 0.25) is 0 Å². The Hall–Kier alpha value is -1.99. The minimum atomic E-state index is 0.513. The standard InChI is InChI=1S/C18H15ClO/c19-12-15-11-16(10-14-6-2-1-3-7-14)17-8-4-5-9-18(17)20-13-15/h1-9,11-12H,10,13H2. The fraction of sp³-hybridized carbons (Fsp3) is 0.111. The molecular formula is C18H15ClO. The maximum Gasteiger partial charge on any atom is 0.127 e. The number of para-hydroxylation sites is 1. The minimum Gasteiger partial charge on any atom is -0.488 e. The monoisotopic (exact) mass is 282 g/mol. The van der Waals surface area contributed by atoms with Crippen LogP contribution in [0.1, 0.15) is 11.1 Å². The largest absolute Gasteiger partial charge is 0.488 e. The van der Waals surface area contributed by atoms with E-state index in [1.54, 1.807) is 5.54 Å². The van der Waals surface area contributed by atoms with Crippen LogP contribution in [0.5, 0.6) is 5.75 Å². The zero-order valence-corrected chi connectivity index (χ0v) is 11.8. The van der Waals surface area contributed by atoms with Crippen LogP contribution in [0.2, 0.25) is 0 Å². The zero-order valence-electron chi connectivity index (χ0n) is 11.1. The number of rotatable bonds is 2. The SMILES string of the molecule is ClC=C1C=C(Cc2ccccc2)c2ccccc2OC1. The summed E-state index contributed by atoms with van der Waals surface area (Å²) in [4.78, 5) is 0. The number of fused-ring (bicyclic) bond motifs is 1. The van der Waals surface area contributed by atoms with E-state index in [1.807, 2.05) is 24.3 Å². The van der Waals surface area contributed by atoms with Crippen molar-refractivity contribution < 1.29 is 4.74 Å². The van der Waals surface area contributed by atoms with E-state index in [-0.39, 0.29) is 0 Å². The van der Waals surface area contributed by atoms with Crippen LogP contribution >= 0.6 is 11.6 Å². The molecule has 1 aliphatic rings. The summed E-state index contributed by atoms with van der Waals surface area (Å²) in [6, 6.07) is 18.6. The van der Waals surface area contributed by atoms with Crippen LogP contribution in [0.25, 0.3) is 5.57 Å². The third-order valence-electron chi connectivity index (χ3n) is 3.36. The Balaban J connectivity index is 2.02. The minimum absolute atomic E-state index is 0.513. The first-order valence-corrected chi connectivity index (χ1v) is 7.06. The molecule has 0 bridgehead atoms. The van der Waals surface area contributed by atoms with Gasteiger partial charge in [0.15, 0.2) is 0 Å². The lowest BCUT2D eigenvalue weighted by atomic mass is 9.96. The second-order valence-electron chi connectivity index (χ2n) is 4.80. The first-order chi connectivity index (χ1) is 9.86. The molecule has 0 aromatic heterocycles. The van der Waals surface area contributed by atoms with E-state index < -0.39 is 0 Å². The molecule has 0 N–H and O–H groups in total. The van der Waals surface area contributed by atoms with E-state index >= 15 is 0 Å². The van der Waals surface area contributed by atoms with Crippen molar-refractivity contribution in [3.8, 4) is 5.75 Å². The molecule has 20 heavy (non-hydrogen) atoms. The highest BCUT2D eigenvalue weighted by molar-refractivity contribution is 6.26. The third kappa shape index (κ3) is 2.78. The molecule has 0 radical (unpaired) electrons. The summed E-state index contributed by atoms with van der Waals surface area (Å²) in [5.74, 6) is 0.920. The van der Waals surface area contributed by atoms with Gasteiger partial charge in [0.1, 0.15) is 12.4 Å². The summed E-state index contributed by atoms with van der Waals surface area (Å²) in [6.07, 6.45) is 3.00. The van der Waals surface area contributed by atoms with Crippen LogP contribution in [-0.4, -0.2) is 6.61 Å². The average Bonchev–Trinajstić information content (AvgIpc) is 2.68. The number of halogens is 1. The van der Waals surface area contributed by atoms with Gasteiger partial charge in [0, 0.05) is 16.7 Å². The van der Waals surface area contributed by atoms with E-state index in [0.717, 1.165) is 23.3 Å². The smallest absolute Gasteiger partial charge is 0.127 e. The summed E-state index contributed by atoms with van der Waals surface area (Å²) in [7, 11) is 0. The fourth-order valence-electron chi connectivity index (χ4n) is 2.39. The van der Waals surface area contributed by atoms with Gasteiger partial charge in [0.05, 0.1) is 0 Å². The normalized spacial score (nSPS) is 16.1. The van der Waals surface area contributed by atoms with E-state index in [9.17, 15) is 0 Å². The van der Waals surface area contributed by atoms with Crippen LogP contribution in [0.4, 0.5) is 0 Å². The summed E-state index contributed by atoms with van der Waals surface area (Å²) < 4.78 is 5.82. The molecule has 100 valence electrons. The first kappa shape index (κ1) is 13.0. The summed E-state index contributed by atoms with van der Waals surface area (Å²) in [6.45, 7) is 0.513.